The Labute approximate surface area is 217 Å². The van der Waals surface area contributed by atoms with Gasteiger partial charge in [0, 0.05) is 21.5 Å². The molecule has 3 aromatic rings. The summed E-state index contributed by atoms with van der Waals surface area (Å²) in [6.45, 7) is 0.408. The van der Waals surface area contributed by atoms with Crippen LogP contribution in [0, 0.1) is 11.8 Å². The van der Waals surface area contributed by atoms with Gasteiger partial charge in [0.15, 0.2) is 0 Å². The maximum atomic E-state index is 11.8. The Hall–Kier alpha value is -1.37. The first kappa shape index (κ1) is 23.1. The summed E-state index contributed by atoms with van der Waals surface area (Å²) >= 11 is 16.6. The fourth-order valence-electron chi connectivity index (χ4n) is 6.10. The third-order valence-corrected chi connectivity index (χ3v) is 9.04. The Morgan fingerprint density at radius 1 is 1.03 bits per heavy atom. The van der Waals surface area contributed by atoms with Crippen molar-refractivity contribution in [3.63, 3.8) is 0 Å². The first-order valence-corrected chi connectivity index (χ1v) is 13.5. The molecule has 4 atom stereocenters. The molecule has 1 heterocycles. The van der Waals surface area contributed by atoms with Gasteiger partial charge in [0.1, 0.15) is 11.5 Å². The molecule has 3 unspecified atom stereocenters. The third-order valence-electron chi connectivity index (χ3n) is 7.92. The molecule has 6 rings (SSSR count). The van der Waals surface area contributed by atoms with E-state index < -0.39 is 5.60 Å². The number of ether oxygens (including phenoxy) is 1. The van der Waals surface area contributed by atoms with Crippen LogP contribution < -0.4 is 0 Å². The van der Waals surface area contributed by atoms with Crippen LogP contribution in [-0.4, -0.2) is 16.4 Å². The van der Waals surface area contributed by atoms with Crippen LogP contribution in [0.1, 0.15) is 61.3 Å². The standard InChI is InChI=1S/C27H26BrCl2NO3/c28-19-4-1-3-16(11-19)27(32)17-9-10-18(27)13-20(12-17)33-14-21-25(31-34-26(21)15-7-8-15)24-22(29)5-2-6-23(24)30/h1-6,11,15,17-18,20,32H,7-10,12-14H2/t17-,18?,20?,27?/m1/s1. The summed E-state index contributed by atoms with van der Waals surface area (Å²) in [6.07, 6.45) is 6.01. The van der Waals surface area contributed by atoms with E-state index in [9.17, 15) is 5.11 Å². The number of hydrogen-bond donors (Lipinski definition) is 1. The molecule has 3 fully saturated rings. The maximum absolute atomic E-state index is 11.8. The van der Waals surface area contributed by atoms with E-state index in [-0.39, 0.29) is 17.9 Å². The minimum Gasteiger partial charge on any atom is -0.385 e. The summed E-state index contributed by atoms with van der Waals surface area (Å²) < 4.78 is 13.3. The molecule has 178 valence electrons. The number of fused-ring (bicyclic) bond motifs is 2. The summed E-state index contributed by atoms with van der Waals surface area (Å²) in [5.41, 5.74) is 2.57. The van der Waals surface area contributed by atoms with E-state index >= 15 is 0 Å². The quantitative estimate of drug-likeness (QED) is 0.332. The highest BCUT2D eigenvalue weighted by molar-refractivity contribution is 9.10. The maximum Gasteiger partial charge on any atom is 0.145 e. The van der Waals surface area contributed by atoms with Crippen molar-refractivity contribution >= 4 is 39.1 Å². The lowest BCUT2D eigenvalue weighted by molar-refractivity contribution is -0.116. The fraction of sp³-hybridized carbons (Fsp3) is 0.444. The molecule has 7 heteroatoms. The molecule has 1 N–H and O–H groups in total. The Kier molecular flexibility index (Phi) is 6.06. The predicted octanol–water partition coefficient (Wildman–Crippen LogP) is 7.88. The average Bonchev–Trinajstić information content (AvgIpc) is 3.56. The van der Waals surface area contributed by atoms with E-state index in [1.54, 1.807) is 0 Å². The summed E-state index contributed by atoms with van der Waals surface area (Å²) in [5.74, 6) is 1.67. The van der Waals surface area contributed by atoms with Gasteiger partial charge in [-0.3, -0.25) is 0 Å². The second-order valence-electron chi connectivity index (χ2n) is 9.96. The van der Waals surface area contributed by atoms with Crippen molar-refractivity contribution in [3.8, 4) is 11.3 Å². The first-order chi connectivity index (χ1) is 16.4. The number of rotatable bonds is 6. The van der Waals surface area contributed by atoms with Crippen LogP contribution in [0.25, 0.3) is 11.3 Å². The molecule has 0 radical (unpaired) electrons. The number of aliphatic hydroxyl groups is 1. The largest absolute Gasteiger partial charge is 0.385 e. The van der Waals surface area contributed by atoms with E-state index in [1.807, 2.05) is 30.3 Å². The number of nitrogens with zero attached hydrogens (tertiary/aromatic N) is 1. The van der Waals surface area contributed by atoms with Gasteiger partial charge in [0.2, 0.25) is 0 Å². The van der Waals surface area contributed by atoms with Gasteiger partial charge in [-0.25, -0.2) is 0 Å². The van der Waals surface area contributed by atoms with Crippen molar-refractivity contribution < 1.29 is 14.4 Å². The molecule has 0 saturated heterocycles. The normalized spacial score (nSPS) is 28.4. The number of halogens is 3. The molecule has 3 aliphatic rings. The zero-order chi connectivity index (χ0) is 23.4. The lowest BCUT2D eigenvalue weighted by atomic mass is 9.69. The lowest BCUT2D eigenvalue weighted by Gasteiger charge is -2.43. The summed E-state index contributed by atoms with van der Waals surface area (Å²) in [5, 5.41) is 17.3. The third kappa shape index (κ3) is 3.94. The molecule has 4 nitrogen and oxygen atoms in total. The molecule has 0 amide bonds. The molecule has 0 spiro atoms. The van der Waals surface area contributed by atoms with Crippen molar-refractivity contribution in [1.82, 2.24) is 5.16 Å². The topological polar surface area (TPSA) is 55.5 Å². The zero-order valence-electron chi connectivity index (χ0n) is 18.6. The van der Waals surface area contributed by atoms with Crippen molar-refractivity contribution in [2.75, 3.05) is 0 Å². The first-order valence-electron chi connectivity index (χ1n) is 12.0. The van der Waals surface area contributed by atoms with Crippen LogP contribution in [0.15, 0.2) is 51.5 Å². The molecule has 1 aromatic heterocycles. The minimum absolute atomic E-state index is 0.0847. The molecule has 3 aliphatic carbocycles. The highest BCUT2D eigenvalue weighted by atomic mass is 79.9. The van der Waals surface area contributed by atoms with Crippen molar-refractivity contribution in [2.45, 2.75) is 62.8 Å². The van der Waals surface area contributed by atoms with Gasteiger partial charge in [0.25, 0.3) is 0 Å². The van der Waals surface area contributed by atoms with Gasteiger partial charge in [-0.05, 0) is 80.2 Å². The van der Waals surface area contributed by atoms with Crippen LogP contribution in [-0.2, 0) is 16.9 Å². The van der Waals surface area contributed by atoms with Gasteiger partial charge >= 0.3 is 0 Å². The van der Waals surface area contributed by atoms with Crippen LogP contribution >= 0.6 is 39.1 Å². The smallest absolute Gasteiger partial charge is 0.145 e. The molecule has 2 bridgehead atoms. The Balaban J connectivity index is 1.24. The molecule has 34 heavy (non-hydrogen) atoms. The van der Waals surface area contributed by atoms with E-state index in [0.717, 1.165) is 59.9 Å². The number of aromatic nitrogens is 1. The second kappa shape index (κ2) is 8.94. The van der Waals surface area contributed by atoms with E-state index in [1.165, 1.54) is 0 Å². The number of benzene rings is 2. The molecule has 0 aliphatic heterocycles. The van der Waals surface area contributed by atoms with Gasteiger partial charge in [-0.2, -0.15) is 0 Å². The molecule has 3 saturated carbocycles. The second-order valence-corrected chi connectivity index (χ2v) is 11.7. The minimum atomic E-state index is -0.781. The van der Waals surface area contributed by atoms with Crippen molar-refractivity contribution in [1.29, 1.82) is 0 Å². The van der Waals surface area contributed by atoms with Crippen LogP contribution in [0.3, 0.4) is 0 Å². The van der Waals surface area contributed by atoms with Gasteiger partial charge in [-0.15, -0.1) is 0 Å². The zero-order valence-corrected chi connectivity index (χ0v) is 21.7. The molecular weight excluding hydrogens is 537 g/mol. The Morgan fingerprint density at radius 2 is 1.71 bits per heavy atom. The van der Waals surface area contributed by atoms with Gasteiger partial charge in [-0.1, -0.05) is 62.5 Å². The van der Waals surface area contributed by atoms with Crippen LogP contribution in [0.4, 0.5) is 0 Å². The Bertz CT molecular complexity index is 1190. The van der Waals surface area contributed by atoms with Gasteiger partial charge in [0.05, 0.1) is 28.4 Å². The predicted molar refractivity (Wildman–Crippen MR) is 136 cm³/mol. The van der Waals surface area contributed by atoms with E-state index in [0.29, 0.717) is 33.8 Å². The monoisotopic (exact) mass is 561 g/mol. The molecular formula is C27H26BrCl2NO3. The van der Waals surface area contributed by atoms with Crippen LogP contribution in [0.2, 0.25) is 10.0 Å². The highest BCUT2D eigenvalue weighted by Crippen LogP contribution is 2.56. The molecule has 2 aromatic carbocycles. The van der Waals surface area contributed by atoms with Crippen molar-refractivity contribution in [2.24, 2.45) is 11.8 Å². The van der Waals surface area contributed by atoms with Crippen LogP contribution in [0.5, 0.6) is 0 Å². The average molecular weight is 563 g/mol. The van der Waals surface area contributed by atoms with Crippen molar-refractivity contribution in [3.05, 3.63) is 73.9 Å². The summed E-state index contributed by atoms with van der Waals surface area (Å²) in [6, 6.07) is 13.6. The fourth-order valence-corrected chi connectivity index (χ4v) is 7.07. The van der Waals surface area contributed by atoms with E-state index in [2.05, 4.69) is 33.2 Å². The SMILES string of the molecule is OC1(c2cccc(Br)c2)C2CC[C@@H]1CC(OCc1c(-c3c(Cl)cccc3Cl)noc1C1CC1)C2. The van der Waals surface area contributed by atoms with Gasteiger partial charge < -0.3 is 14.4 Å². The van der Waals surface area contributed by atoms with E-state index in [4.69, 9.17) is 32.5 Å². The Morgan fingerprint density at radius 3 is 2.35 bits per heavy atom. The lowest BCUT2D eigenvalue weighted by Crippen LogP contribution is -2.44. The highest BCUT2D eigenvalue weighted by Gasteiger charge is 2.54. The summed E-state index contributed by atoms with van der Waals surface area (Å²) in [7, 11) is 0. The number of hydrogen-bond acceptors (Lipinski definition) is 4. The summed E-state index contributed by atoms with van der Waals surface area (Å²) in [4.78, 5) is 0.